The van der Waals surface area contributed by atoms with Crippen LogP contribution in [0.2, 0.25) is 0 Å². The Balaban J connectivity index is 1.84. The topological polar surface area (TPSA) is 119 Å². The van der Waals surface area contributed by atoms with Crippen molar-refractivity contribution >= 4 is 35.0 Å². The molecule has 0 aliphatic carbocycles. The first-order valence-electron chi connectivity index (χ1n) is 11.0. The third-order valence-electron chi connectivity index (χ3n) is 5.02. The maximum absolute atomic E-state index is 12.9. The number of nitro groups is 1. The minimum atomic E-state index is -0.463. The second-order valence-corrected chi connectivity index (χ2v) is 10.2. The van der Waals surface area contributed by atoms with Gasteiger partial charge >= 0.3 is 0 Å². The van der Waals surface area contributed by atoms with E-state index >= 15 is 0 Å². The van der Waals surface area contributed by atoms with Gasteiger partial charge in [0.2, 0.25) is 11.8 Å². The molecule has 2 aromatic carbocycles. The number of nitro benzene ring substituents is 1. The molecule has 2 N–H and O–H groups in total. The number of imidazole rings is 1. The molecule has 0 saturated carbocycles. The number of thioether (sulfide) groups is 1. The third kappa shape index (κ3) is 7.16. The van der Waals surface area contributed by atoms with Gasteiger partial charge in [0.25, 0.3) is 5.69 Å². The second-order valence-electron chi connectivity index (χ2n) is 9.24. The fourth-order valence-corrected chi connectivity index (χ4v) is 4.23. The zero-order valence-electron chi connectivity index (χ0n) is 20.4. The molecular formula is C25H29N5O4S. The SMILES string of the molecule is Cc1cccc(C)c1NC(=O)Cn1cc(-c2ccc([N+](=O)[O-])cc2)nc1SCC(=O)NC(C)(C)C. The molecule has 35 heavy (non-hydrogen) atoms. The van der Waals surface area contributed by atoms with Crippen LogP contribution in [0.4, 0.5) is 11.4 Å². The molecule has 0 atom stereocenters. The Bertz CT molecular complexity index is 1230. The number of benzene rings is 2. The first-order valence-corrected chi connectivity index (χ1v) is 12.0. The number of hydrogen-bond acceptors (Lipinski definition) is 6. The van der Waals surface area contributed by atoms with Gasteiger partial charge in [-0.3, -0.25) is 19.7 Å². The van der Waals surface area contributed by atoms with Crippen LogP contribution in [0, 0.1) is 24.0 Å². The van der Waals surface area contributed by atoms with Crippen LogP contribution in [0.15, 0.2) is 53.8 Å². The molecule has 0 aliphatic heterocycles. The van der Waals surface area contributed by atoms with E-state index in [1.165, 1.54) is 23.9 Å². The molecule has 184 valence electrons. The van der Waals surface area contributed by atoms with Crippen molar-refractivity contribution in [1.82, 2.24) is 14.9 Å². The average molecular weight is 496 g/mol. The number of rotatable bonds is 8. The van der Waals surface area contributed by atoms with Crippen LogP contribution in [0.1, 0.15) is 31.9 Å². The molecule has 1 heterocycles. The molecule has 0 spiro atoms. The molecule has 0 bridgehead atoms. The van der Waals surface area contributed by atoms with E-state index in [0.717, 1.165) is 16.8 Å². The van der Waals surface area contributed by atoms with E-state index in [1.807, 2.05) is 52.8 Å². The summed E-state index contributed by atoms with van der Waals surface area (Å²) in [5.41, 5.74) is 3.54. The van der Waals surface area contributed by atoms with Crippen LogP contribution in [-0.4, -0.2) is 37.6 Å². The summed E-state index contributed by atoms with van der Waals surface area (Å²) in [6, 6.07) is 11.8. The van der Waals surface area contributed by atoms with Crippen molar-refractivity contribution in [2.45, 2.75) is 51.9 Å². The number of hydrogen-bond donors (Lipinski definition) is 2. The second kappa shape index (κ2) is 10.7. The standard InChI is InChI=1S/C25H29N5O4S/c1-16-7-6-8-17(2)23(16)27-21(31)14-29-13-20(18-9-11-19(12-10-18)30(33)34)26-24(29)35-15-22(32)28-25(3,4)5/h6-13H,14-15H2,1-5H3,(H,27,31)(H,28,32). The van der Waals surface area contributed by atoms with Crippen molar-refractivity contribution < 1.29 is 14.5 Å². The van der Waals surface area contributed by atoms with Crippen LogP contribution >= 0.6 is 11.8 Å². The highest BCUT2D eigenvalue weighted by molar-refractivity contribution is 7.99. The number of nitrogens with one attached hydrogen (secondary N) is 2. The summed E-state index contributed by atoms with van der Waals surface area (Å²) in [6.45, 7) is 9.57. The first kappa shape index (κ1) is 26.0. The molecule has 0 radical (unpaired) electrons. The molecule has 3 aromatic rings. The Morgan fingerprint density at radius 1 is 1.06 bits per heavy atom. The fraction of sp³-hybridized carbons (Fsp3) is 0.320. The minimum Gasteiger partial charge on any atom is -0.351 e. The van der Waals surface area contributed by atoms with Gasteiger partial charge in [0.15, 0.2) is 5.16 Å². The third-order valence-corrected chi connectivity index (χ3v) is 6.01. The Kier molecular flexibility index (Phi) is 7.96. The lowest BCUT2D eigenvalue weighted by atomic mass is 10.1. The molecule has 10 heteroatoms. The summed E-state index contributed by atoms with van der Waals surface area (Å²) in [4.78, 5) is 40.4. The van der Waals surface area contributed by atoms with Gasteiger partial charge in [0, 0.05) is 35.1 Å². The summed E-state index contributed by atoms with van der Waals surface area (Å²) < 4.78 is 1.69. The van der Waals surface area contributed by atoms with Gasteiger partial charge in [0.1, 0.15) is 6.54 Å². The van der Waals surface area contributed by atoms with Crippen molar-refractivity contribution in [3.05, 3.63) is 69.9 Å². The minimum absolute atomic E-state index is 0.00300. The summed E-state index contributed by atoms with van der Waals surface area (Å²) in [5, 5.41) is 17.4. The van der Waals surface area contributed by atoms with Gasteiger partial charge in [-0.2, -0.15) is 0 Å². The fourth-order valence-electron chi connectivity index (χ4n) is 3.45. The Morgan fingerprint density at radius 3 is 2.26 bits per heavy atom. The van der Waals surface area contributed by atoms with E-state index in [2.05, 4.69) is 15.6 Å². The normalized spacial score (nSPS) is 11.2. The zero-order chi connectivity index (χ0) is 25.8. The Labute approximate surface area is 208 Å². The van der Waals surface area contributed by atoms with Crippen LogP contribution in [0.25, 0.3) is 11.3 Å². The van der Waals surface area contributed by atoms with Gasteiger partial charge in [-0.15, -0.1) is 0 Å². The number of anilines is 1. The van der Waals surface area contributed by atoms with Gasteiger partial charge in [-0.1, -0.05) is 30.0 Å². The number of nitrogens with zero attached hydrogens (tertiary/aromatic N) is 3. The van der Waals surface area contributed by atoms with E-state index in [0.29, 0.717) is 16.4 Å². The quantitative estimate of drug-likeness (QED) is 0.265. The lowest BCUT2D eigenvalue weighted by Crippen LogP contribution is -2.41. The number of aryl methyl sites for hydroxylation is 2. The highest BCUT2D eigenvalue weighted by atomic mass is 32.2. The van der Waals surface area contributed by atoms with Gasteiger partial charge in [-0.05, 0) is 57.9 Å². The number of carbonyl (C=O) groups excluding carboxylic acids is 2. The molecule has 0 saturated heterocycles. The van der Waals surface area contributed by atoms with Gasteiger partial charge in [-0.25, -0.2) is 4.98 Å². The lowest BCUT2D eigenvalue weighted by molar-refractivity contribution is -0.384. The van der Waals surface area contributed by atoms with Gasteiger partial charge < -0.3 is 15.2 Å². The van der Waals surface area contributed by atoms with Crippen molar-refractivity contribution in [3.63, 3.8) is 0 Å². The number of aromatic nitrogens is 2. The smallest absolute Gasteiger partial charge is 0.269 e. The summed E-state index contributed by atoms with van der Waals surface area (Å²) in [5.74, 6) is -0.239. The van der Waals surface area contributed by atoms with Crippen molar-refractivity contribution in [3.8, 4) is 11.3 Å². The molecule has 0 aliphatic rings. The molecular weight excluding hydrogens is 466 g/mol. The average Bonchev–Trinajstić information content (AvgIpc) is 3.16. The molecule has 0 unspecified atom stereocenters. The van der Waals surface area contributed by atoms with E-state index < -0.39 is 4.92 Å². The predicted octanol–water partition coefficient (Wildman–Crippen LogP) is 4.72. The monoisotopic (exact) mass is 495 g/mol. The number of para-hydroxylation sites is 1. The molecule has 3 rings (SSSR count). The van der Waals surface area contributed by atoms with Crippen molar-refractivity contribution in [1.29, 1.82) is 0 Å². The molecule has 1 aromatic heterocycles. The van der Waals surface area contributed by atoms with E-state index in [-0.39, 0.29) is 35.3 Å². The Morgan fingerprint density at radius 2 is 1.69 bits per heavy atom. The number of carbonyl (C=O) groups is 2. The summed E-state index contributed by atoms with van der Waals surface area (Å²) >= 11 is 1.23. The highest BCUT2D eigenvalue weighted by Gasteiger charge is 2.18. The predicted molar refractivity (Wildman–Crippen MR) is 137 cm³/mol. The largest absolute Gasteiger partial charge is 0.351 e. The van der Waals surface area contributed by atoms with Gasteiger partial charge in [0.05, 0.1) is 16.4 Å². The van der Waals surface area contributed by atoms with Crippen molar-refractivity contribution in [2.75, 3.05) is 11.1 Å². The van der Waals surface area contributed by atoms with Crippen LogP contribution in [0.3, 0.4) is 0 Å². The molecule has 0 fully saturated rings. The first-order chi connectivity index (χ1) is 16.4. The molecule has 9 nitrogen and oxygen atoms in total. The lowest BCUT2D eigenvalue weighted by Gasteiger charge is -2.20. The van der Waals surface area contributed by atoms with E-state index in [1.54, 1.807) is 22.9 Å². The van der Waals surface area contributed by atoms with Crippen LogP contribution in [0.5, 0.6) is 0 Å². The summed E-state index contributed by atoms with van der Waals surface area (Å²) in [6.07, 6.45) is 1.72. The number of amides is 2. The Hall–Kier alpha value is -3.66. The summed E-state index contributed by atoms with van der Waals surface area (Å²) in [7, 11) is 0. The van der Waals surface area contributed by atoms with Crippen LogP contribution < -0.4 is 10.6 Å². The van der Waals surface area contributed by atoms with E-state index in [4.69, 9.17) is 0 Å². The maximum atomic E-state index is 12.9. The number of non-ortho nitro benzene ring substituents is 1. The van der Waals surface area contributed by atoms with Crippen LogP contribution in [-0.2, 0) is 16.1 Å². The highest BCUT2D eigenvalue weighted by Crippen LogP contribution is 2.27. The van der Waals surface area contributed by atoms with Crippen molar-refractivity contribution in [2.24, 2.45) is 0 Å². The maximum Gasteiger partial charge on any atom is 0.269 e. The molecule has 2 amide bonds. The zero-order valence-corrected chi connectivity index (χ0v) is 21.2. The van der Waals surface area contributed by atoms with E-state index in [9.17, 15) is 19.7 Å².